The molecule has 2 rings (SSSR count). The van der Waals surface area contributed by atoms with Gasteiger partial charge in [0, 0.05) is 12.0 Å². The Morgan fingerprint density at radius 1 is 1.42 bits per heavy atom. The second-order valence-electron chi connectivity index (χ2n) is 4.60. The lowest BCUT2D eigenvalue weighted by molar-refractivity contribution is 0.112. The minimum atomic E-state index is -0.199. The van der Waals surface area contributed by atoms with E-state index in [1.54, 1.807) is 13.0 Å². The highest BCUT2D eigenvalue weighted by Crippen LogP contribution is 2.33. The summed E-state index contributed by atoms with van der Waals surface area (Å²) in [4.78, 5) is 11.1. The summed E-state index contributed by atoms with van der Waals surface area (Å²) in [5, 5.41) is 19.6. The van der Waals surface area contributed by atoms with Crippen LogP contribution in [-0.2, 0) is 4.74 Å². The number of aldehydes is 1. The SMILES string of the molecule is Cc1c(O)cc(/C=C2\C=CC[C@H](C)O2)c(C=O)c1O. The van der Waals surface area contributed by atoms with Crippen molar-refractivity contribution in [3.05, 3.63) is 40.7 Å². The van der Waals surface area contributed by atoms with Crippen molar-refractivity contribution in [1.82, 2.24) is 0 Å². The normalized spacial score (nSPS) is 20.3. The number of aromatic hydroxyl groups is 2. The molecule has 0 aliphatic carbocycles. The average molecular weight is 260 g/mol. The lowest BCUT2D eigenvalue weighted by atomic mass is 10.0. The van der Waals surface area contributed by atoms with Crippen LogP contribution in [0.25, 0.3) is 6.08 Å². The van der Waals surface area contributed by atoms with Crippen LogP contribution in [0.15, 0.2) is 24.0 Å². The van der Waals surface area contributed by atoms with Gasteiger partial charge in [-0.3, -0.25) is 4.79 Å². The van der Waals surface area contributed by atoms with Gasteiger partial charge in [-0.05, 0) is 37.6 Å². The Balaban J connectivity index is 2.51. The second-order valence-corrected chi connectivity index (χ2v) is 4.60. The molecule has 0 amide bonds. The number of rotatable bonds is 2. The van der Waals surface area contributed by atoms with Crippen LogP contribution in [0, 0.1) is 6.92 Å². The van der Waals surface area contributed by atoms with Gasteiger partial charge in [-0.1, -0.05) is 6.08 Å². The van der Waals surface area contributed by atoms with Crippen LogP contribution in [0.5, 0.6) is 11.5 Å². The summed E-state index contributed by atoms with van der Waals surface area (Å²) in [6.45, 7) is 3.50. The molecule has 4 nitrogen and oxygen atoms in total. The van der Waals surface area contributed by atoms with Crippen LogP contribution >= 0.6 is 0 Å². The van der Waals surface area contributed by atoms with Crippen LogP contribution < -0.4 is 0 Å². The molecule has 0 saturated carbocycles. The van der Waals surface area contributed by atoms with E-state index in [0.29, 0.717) is 17.6 Å². The minimum absolute atomic E-state index is 0.0530. The number of hydrogen-bond acceptors (Lipinski definition) is 4. The van der Waals surface area contributed by atoms with Gasteiger partial charge < -0.3 is 14.9 Å². The third-order valence-corrected chi connectivity index (χ3v) is 3.10. The van der Waals surface area contributed by atoms with Crippen LogP contribution in [0.2, 0.25) is 0 Å². The topological polar surface area (TPSA) is 66.8 Å². The molecular formula is C15H16O4. The smallest absolute Gasteiger partial charge is 0.154 e. The number of hydrogen-bond donors (Lipinski definition) is 2. The lowest BCUT2D eigenvalue weighted by Crippen LogP contribution is -2.09. The van der Waals surface area contributed by atoms with Crippen molar-refractivity contribution in [2.24, 2.45) is 0 Å². The Hall–Kier alpha value is -2.23. The van der Waals surface area contributed by atoms with Crippen molar-refractivity contribution in [2.45, 2.75) is 26.4 Å². The van der Waals surface area contributed by atoms with Crippen LogP contribution in [-0.4, -0.2) is 22.6 Å². The highest BCUT2D eigenvalue weighted by molar-refractivity contribution is 5.87. The first kappa shape index (κ1) is 13.2. The number of carbonyl (C=O) groups excluding carboxylic acids is 1. The van der Waals surface area contributed by atoms with E-state index in [1.807, 2.05) is 19.1 Å². The molecule has 0 aromatic heterocycles. The zero-order chi connectivity index (χ0) is 14.0. The summed E-state index contributed by atoms with van der Waals surface area (Å²) in [5.41, 5.74) is 0.875. The fourth-order valence-electron chi connectivity index (χ4n) is 1.97. The van der Waals surface area contributed by atoms with Crippen molar-refractivity contribution in [2.75, 3.05) is 0 Å². The molecule has 0 fully saturated rings. The molecule has 1 aromatic rings. The van der Waals surface area contributed by atoms with E-state index in [9.17, 15) is 15.0 Å². The van der Waals surface area contributed by atoms with E-state index in [0.717, 1.165) is 6.42 Å². The summed E-state index contributed by atoms with van der Waals surface area (Å²) in [6, 6.07) is 1.45. The Bertz CT molecular complexity index is 570. The molecular weight excluding hydrogens is 244 g/mol. The number of phenolic OH excluding ortho intramolecular Hbond substituents is 2. The van der Waals surface area contributed by atoms with Gasteiger partial charge in [-0.2, -0.15) is 0 Å². The number of phenols is 2. The van der Waals surface area contributed by atoms with Gasteiger partial charge in [0.05, 0.1) is 11.7 Å². The molecule has 100 valence electrons. The van der Waals surface area contributed by atoms with Gasteiger partial charge in [0.25, 0.3) is 0 Å². The Morgan fingerprint density at radius 2 is 2.16 bits per heavy atom. The molecule has 1 aromatic carbocycles. The number of benzene rings is 1. The monoisotopic (exact) mass is 260 g/mol. The number of ether oxygens (including phenoxy) is 1. The second kappa shape index (κ2) is 5.18. The van der Waals surface area contributed by atoms with Crippen molar-refractivity contribution in [1.29, 1.82) is 0 Å². The van der Waals surface area contributed by atoms with E-state index in [-0.39, 0.29) is 28.7 Å². The maximum absolute atomic E-state index is 11.1. The van der Waals surface area contributed by atoms with Gasteiger partial charge in [-0.25, -0.2) is 0 Å². The average Bonchev–Trinajstić information content (AvgIpc) is 2.37. The fourth-order valence-corrected chi connectivity index (χ4v) is 1.97. The third-order valence-electron chi connectivity index (χ3n) is 3.10. The Labute approximate surface area is 111 Å². The zero-order valence-corrected chi connectivity index (χ0v) is 10.9. The van der Waals surface area contributed by atoms with Crippen LogP contribution in [0.1, 0.15) is 34.8 Å². The molecule has 1 aliphatic rings. The Kier molecular flexibility index (Phi) is 3.60. The zero-order valence-electron chi connectivity index (χ0n) is 10.9. The first-order valence-electron chi connectivity index (χ1n) is 6.08. The van der Waals surface area contributed by atoms with Crippen molar-refractivity contribution >= 4 is 12.4 Å². The van der Waals surface area contributed by atoms with Crippen molar-refractivity contribution in [3.63, 3.8) is 0 Å². The predicted octanol–water partition coefficient (Wildman–Crippen LogP) is 2.92. The maximum atomic E-state index is 11.1. The molecule has 0 spiro atoms. The standard InChI is InChI=1S/C15H16O4/c1-9-4-3-5-12(19-9)6-11-7-14(17)10(2)15(18)13(11)8-16/h3,5-9,17-18H,4H2,1-2H3/b12-6+/t9-/m0/s1. The summed E-state index contributed by atoms with van der Waals surface area (Å²) >= 11 is 0. The molecule has 1 aliphatic heterocycles. The summed E-state index contributed by atoms with van der Waals surface area (Å²) in [7, 11) is 0. The van der Waals surface area contributed by atoms with Crippen LogP contribution in [0.4, 0.5) is 0 Å². The molecule has 4 heteroatoms. The van der Waals surface area contributed by atoms with Gasteiger partial charge in [-0.15, -0.1) is 0 Å². The first-order chi connectivity index (χ1) is 9.02. The highest BCUT2D eigenvalue weighted by Gasteiger charge is 2.15. The van der Waals surface area contributed by atoms with Crippen LogP contribution in [0.3, 0.4) is 0 Å². The highest BCUT2D eigenvalue weighted by atomic mass is 16.5. The Morgan fingerprint density at radius 3 is 2.79 bits per heavy atom. The van der Waals surface area contributed by atoms with E-state index >= 15 is 0 Å². The largest absolute Gasteiger partial charge is 0.508 e. The molecule has 0 saturated heterocycles. The van der Waals surface area contributed by atoms with E-state index in [1.165, 1.54) is 6.07 Å². The van der Waals surface area contributed by atoms with Crippen molar-refractivity contribution in [3.8, 4) is 11.5 Å². The van der Waals surface area contributed by atoms with Gasteiger partial charge in [0.1, 0.15) is 17.3 Å². The molecule has 19 heavy (non-hydrogen) atoms. The third kappa shape index (κ3) is 2.62. The number of carbonyl (C=O) groups is 1. The van der Waals surface area contributed by atoms with Crippen molar-refractivity contribution < 1.29 is 19.7 Å². The summed E-state index contributed by atoms with van der Waals surface area (Å²) in [6.07, 6.45) is 6.90. The van der Waals surface area contributed by atoms with Gasteiger partial charge in [0.2, 0.25) is 0 Å². The molecule has 2 N–H and O–H groups in total. The van der Waals surface area contributed by atoms with Gasteiger partial charge >= 0.3 is 0 Å². The number of allylic oxidation sites excluding steroid dienone is 1. The molecule has 0 unspecified atom stereocenters. The minimum Gasteiger partial charge on any atom is -0.508 e. The quantitative estimate of drug-likeness (QED) is 0.802. The van der Waals surface area contributed by atoms with E-state index in [4.69, 9.17) is 4.74 Å². The maximum Gasteiger partial charge on any atom is 0.154 e. The molecule has 1 heterocycles. The van der Waals surface area contributed by atoms with E-state index < -0.39 is 0 Å². The molecule has 0 bridgehead atoms. The summed E-state index contributed by atoms with van der Waals surface area (Å²) in [5.74, 6) is 0.349. The predicted molar refractivity (Wildman–Crippen MR) is 72.2 cm³/mol. The first-order valence-corrected chi connectivity index (χ1v) is 6.08. The lowest BCUT2D eigenvalue weighted by Gasteiger charge is -2.18. The fraction of sp³-hybridized carbons (Fsp3) is 0.267. The molecule has 1 atom stereocenters. The van der Waals surface area contributed by atoms with Gasteiger partial charge in [0.15, 0.2) is 6.29 Å². The molecule has 0 radical (unpaired) electrons. The van der Waals surface area contributed by atoms with E-state index in [2.05, 4.69) is 0 Å². The summed E-state index contributed by atoms with van der Waals surface area (Å²) < 4.78 is 5.59.